The lowest BCUT2D eigenvalue weighted by Crippen LogP contribution is -2.39. The standard InChI is InChI=1S/C19H16N2O3S/c22-17-15-16(18(23)25-17)21(12-14-9-5-2-6-10-14)19(24)20(15)11-13-7-3-1-4-8-13/h1-10,15-16H,11-12H2/t15-,16+. The number of fused-ring (bicyclic) bond motifs is 1. The van der Waals surface area contributed by atoms with E-state index in [2.05, 4.69) is 0 Å². The average molecular weight is 352 g/mol. The van der Waals surface area contributed by atoms with Gasteiger partial charge in [0, 0.05) is 13.1 Å². The largest absolute Gasteiger partial charge is 0.322 e. The van der Waals surface area contributed by atoms with Gasteiger partial charge < -0.3 is 9.80 Å². The molecule has 0 spiro atoms. The van der Waals surface area contributed by atoms with Gasteiger partial charge in [-0.2, -0.15) is 0 Å². The highest BCUT2D eigenvalue weighted by Crippen LogP contribution is 2.38. The molecule has 2 heterocycles. The van der Waals surface area contributed by atoms with E-state index >= 15 is 0 Å². The van der Waals surface area contributed by atoms with Crippen LogP contribution in [0.2, 0.25) is 0 Å². The molecule has 0 saturated carbocycles. The Balaban J connectivity index is 1.65. The first kappa shape index (κ1) is 15.9. The molecule has 6 heteroatoms. The molecule has 126 valence electrons. The summed E-state index contributed by atoms with van der Waals surface area (Å²) in [7, 11) is 0. The monoisotopic (exact) mass is 352 g/mol. The second-order valence-electron chi connectivity index (χ2n) is 6.14. The maximum absolute atomic E-state index is 13.0. The fourth-order valence-electron chi connectivity index (χ4n) is 3.37. The molecule has 0 unspecified atom stereocenters. The van der Waals surface area contributed by atoms with Crippen molar-refractivity contribution in [3.63, 3.8) is 0 Å². The van der Waals surface area contributed by atoms with Crippen molar-refractivity contribution < 1.29 is 14.4 Å². The molecule has 5 nitrogen and oxygen atoms in total. The molecule has 2 fully saturated rings. The highest BCUT2D eigenvalue weighted by Gasteiger charge is 2.57. The zero-order chi connectivity index (χ0) is 17.4. The van der Waals surface area contributed by atoms with Crippen LogP contribution in [0.25, 0.3) is 0 Å². The van der Waals surface area contributed by atoms with E-state index in [1.54, 1.807) is 0 Å². The van der Waals surface area contributed by atoms with Gasteiger partial charge in [-0.05, 0) is 22.9 Å². The number of hydrogen-bond donors (Lipinski definition) is 0. The maximum Gasteiger partial charge on any atom is 0.322 e. The van der Waals surface area contributed by atoms with Gasteiger partial charge in [-0.15, -0.1) is 0 Å². The quantitative estimate of drug-likeness (QED) is 0.794. The molecule has 2 atom stereocenters. The Kier molecular flexibility index (Phi) is 4.05. The maximum atomic E-state index is 13.0. The minimum Gasteiger partial charge on any atom is -0.307 e. The van der Waals surface area contributed by atoms with Crippen LogP contribution in [-0.4, -0.2) is 38.1 Å². The van der Waals surface area contributed by atoms with Crippen LogP contribution >= 0.6 is 11.8 Å². The van der Waals surface area contributed by atoms with Gasteiger partial charge in [0.05, 0.1) is 0 Å². The van der Waals surface area contributed by atoms with Gasteiger partial charge >= 0.3 is 6.03 Å². The summed E-state index contributed by atoms with van der Waals surface area (Å²) in [6, 6.07) is 17.4. The second-order valence-corrected chi connectivity index (χ2v) is 7.15. The highest BCUT2D eigenvalue weighted by molar-refractivity contribution is 8.27. The van der Waals surface area contributed by atoms with E-state index in [1.165, 1.54) is 9.80 Å². The van der Waals surface area contributed by atoms with Crippen LogP contribution in [0.15, 0.2) is 60.7 Å². The van der Waals surface area contributed by atoms with Crippen LogP contribution in [0.3, 0.4) is 0 Å². The lowest BCUT2D eigenvalue weighted by atomic mass is 10.1. The van der Waals surface area contributed by atoms with Crippen molar-refractivity contribution in [1.82, 2.24) is 9.80 Å². The normalized spacial score (nSPS) is 22.6. The predicted octanol–water partition coefficient (Wildman–Crippen LogP) is 2.66. The third kappa shape index (κ3) is 2.82. The van der Waals surface area contributed by atoms with Gasteiger partial charge in [0.15, 0.2) is 0 Å². The third-order valence-corrected chi connectivity index (χ3v) is 5.42. The summed E-state index contributed by atoms with van der Waals surface area (Å²) in [5.41, 5.74) is 1.88. The van der Waals surface area contributed by atoms with Gasteiger partial charge in [0.25, 0.3) is 0 Å². The van der Waals surface area contributed by atoms with Crippen LogP contribution in [0.5, 0.6) is 0 Å². The van der Waals surface area contributed by atoms with Gasteiger partial charge in [-0.3, -0.25) is 9.59 Å². The number of carbonyl (C=O) groups excluding carboxylic acids is 3. The summed E-state index contributed by atoms with van der Waals surface area (Å²) in [4.78, 5) is 40.7. The third-order valence-electron chi connectivity index (χ3n) is 4.54. The Morgan fingerprint density at radius 3 is 1.48 bits per heavy atom. The molecule has 0 radical (unpaired) electrons. The SMILES string of the molecule is O=C1SC(=O)[C@H]2[C@@H]1N(Cc1ccccc1)C(=O)N2Cc1ccccc1. The first-order valence-electron chi connectivity index (χ1n) is 8.06. The number of benzene rings is 2. The number of rotatable bonds is 4. The molecule has 2 aliphatic heterocycles. The minimum atomic E-state index is -0.700. The van der Waals surface area contributed by atoms with Crippen LogP contribution < -0.4 is 0 Å². The molecule has 2 amide bonds. The molecule has 2 aliphatic rings. The molecular weight excluding hydrogens is 336 g/mol. The minimum absolute atomic E-state index is 0.241. The average Bonchev–Trinajstić information content (AvgIpc) is 3.06. The first-order valence-corrected chi connectivity index (χ1v) is 8.87. The summed E-state index contributed by atoms with van der Waals surface area (Å²) >= 11 is 0.730. The number of amides is 2. The van der Waals surface area contributed by atoms with E-state index in [4.69, 9.17) is 0 Å². The fraction of sp³-hybridized carbons (Fsp3) is 0.211. The van der Waals surface area contributed by atoms with Gasteiger partial charge in [-0.1, -0.05) is 60.7 Å². The number of thioether (sulfide) groups is 1. The van der Waals surface area contributed by atoms with E-state index in [1.807, 2.05) is 60.7 Å². The zero-order valence-corrected chi connectivity index (χ0v) is 14.2. The summed E-state index contributed by atoms with van der Waals surface area (Å²) in [6.07, 6.45) is 0. The van der Waals surface area contributed by atoms with Crippen molar-refractivity contribution >= 4 is 28.0 Å². The summed E-state index contributed by atoms with van der Waals surface area (Å²) in [5.74, 6) is 0. The molecule has 2 saturated heterocycles. The molecule has 4 rings (SSSR count). The van der Waals surface area contributed by atoms with Crippen molar-refractivity contribution in [1.29, 1.82) is 0 Å². The lowest BCUT2D eigenvalue weighted by Gasteiger charge is -2.21. The van der Waals surface area contributed by atoms with E-state index in [0.29, 0.717) is 13.1 Å². The van der Waals surface area contributed by atoms with Gasteiger partial charge in [0.1, 0.15) is 12.1 Å². The van der Waals surface area contributed by atoms with E-state index in [-0.39, 0.29) is 16.3 Å². The summed E-state index contributed by atoms with van der Waals surface area (Å²) in [6.45, 7) is 0.650. The second kappa shape index (κ2) is 6.37. The Bertz CT molecular complexity index is 758. The highest BCUT2D eigenvalue weighted by atomic mass is 32.2. The lowest BCUT2D eigenvalue weighted by molar-refractivity contribution is -0.117. The Labute approximate surface area is 149 Å². The molecule has 25 heavy (non-hydrogen) atoms. The topological polar surface area (TPSA) is 57.7 Å². The Hall–Kier alpha value is -2.60. The molecule has 0 N–H and O–H groups in total. The van der Waals surface area contributed by atoms with Crippen molar-refractivity contribution in [2.45, 2.75) is 25.2 Å². The number of nitrogens with zero attached hydrogens (tertiary/aromatic N) is 2. The summed E-state index contributed by atoms with van der Waals surface area (Å²) < 4.78 is 0. The Morgan fingerprint density at radius 1 is 0.680 bits per heavy atom. The molecule has 0 aromatic heterocycles. The van der Waals surface area contributed by atoms with Crippen LogP contribution in [-0.2, 0) is 22.7 Å². The van der Waals surface area contributed by atoms with Crippen molar-refractivity contribution in [3.05, 3.63) is 71.8 Å². The number of hydrogen-bond acceptors (Lipinski definition) is 4. The number of urea groups is 1. The van der Waals surface area contributed by atoms with Crippen LogP contribution in [0, 0.1) is 0 Å². The zero-order valence-electron chi connectivity index (χ0n) is 13.4. The first-order chi connectivity index (χ1) is 12.1. The number of carbonyl (C=O) groups is 3. The van der Waals surface area contributed by atoms with Crippen molar-refractivity contribution in [3.8, 4) is 0 Å². The van der Waals surface area contributed by atoms with E-state index < -0.39 is 12.1 Å². The molecule has 2 aromatic rings. The van der Waals surface area contributed by atoms with Crippen molar-refractivity contribution in [2.75, 3.05) is 0 Å². The van der Waals surface area contributed by atoms with Gasteiger partial charge in [0.2, 0.25) is 10.2 Å². The van der Waals surface area contributed by atoms with Crippen molar-refractivity contribution in [2.24, 2.45) is 0 Å². The predicted molar refractivity (Wildman–Crippen MR) is 94.5 cm³/mol. The van der Waals surface area contributed by atoms with Gasteiger partial charge in [-0.25, -0.2) is 4.79 Å². The molecular formula is C19H16N2O3S. The molecule has 0 aliphatic carbocycles. The van der Waals surface area contributed by atoms with Crippen LogP contribution in [0.1, 0.15) is 11.1 Å². The van der Waals surface area contributed by atoms with E-state index in [0.717, 1.165) is 22.9 Å². The summed E-state index contributed by atoms with van der Waals surface area (Å²) in [5, 5.41) is -0.482. The van der Waals surface area contributed by atoms with Crippen LogP contribution in [0.4, 0.5) is 4.79 Å². The molecule has 2 aromatic carbocycles. The van der Waals surface area contributed by atoms with E-state index in [9.17, 15) is 14.4 Å². The molecule has 0 bridgehead atoms. The Morgan fingerprint density at radius 2 is 1.08 bits per heavy atom. The smallest absolute Gasteiger partial charge is 0.307 e. The fourth-order valence-corrected chi connectivity index (χ4v) is 4.32.